The Hall–Kier alpha value is -2.13. The Labute approximate surface area is 147 Å². The molecule has 0 bridgehead atoms. The Kier molecular flexibility index (Phi) is 6.77. The van der Waals surface area contributed by atoms with E-state index >= 15 is 0 Å². The number of carboxylic acids is 1. The molecule has 0 saturated carbocycles. The minimum atomic E-state index is -3.45. The molecule has 0 radical (unpaired) electrons. The summed E-state index contributed by atoms with van der Waals surface area (Å²) < 4.78 is 26.6. The molecule has 1 aliphatic heterocycles. The quantitative estimate of drug-likeness (QED) is 0.666. The molecule has 0 aliphatic carbocycles. The second kappa shape index (κ2) is 8.82. The van der Waals surface area contributed by atoms with Crippen molar-refractivity contribution >= 4 is 22.0 Å². The van der Waals surface area contributed by atoms with E-state index in [4.69, 9.17) is 5.11 Å². The van der Waals surface area contributed by atoms with E-state index in [-0.39, 0.29) is 24.4 Å². The highest BCUT2D eigenvalue weighted by molar-refractivity contribution is 7.89. The van der Waals surface area contributed by atoms with E-state index in [0.717, 1.165) is 24.8 Å². The van der Waals surface area contributed by atoms with Crippen molar-refractivity contribution in [2.24, 2.45) is 0 Å². The Morgan fingerprint density at radius 3 is 2.28 bits per heavy atom. The highest BCUT2D eigenvalue weighted by Gasteiger charge is 2.25. The summed E-state index contributed by atoms with van der Waals surface area (Å²) in [7, 11) is -3.45. The summed E-state index contributed by atoms with van der Waals surface area (Å²) in [5, 5.41) is 13.5. The number of carboxylic acid groups (broad SMARTS) is 1. The summed E-state index contributed by atoms with van der Waals surface area (Å²) in [4.78, 5) is 22.1. The lowest BCUT2D eigenvalue weighted by Gasteiger charge is -2.25. The van der Waals surface area contributed by atoms with E-state index in [1.165, 1.54) is 4.31 Å². The summed E-state index contributed by atoms with van der Waals surface area (Å²) >= 11 is 0. The first kappa shape index (κ1) is 19.2. The van der Waals surface area contributed by atoms with Gasteiger partial charge in [0.05, 0.1) is 11.3 Å². The van der Waals surface area contributed by atoms with Gasteiger partial charge in [-0.05, 0) is 30.5 Å². The van der Waals surface area contributed by atoms with E-state index < -0.39 is 22.0 Å². The fourth-order valence-electron chi connectivity index (χ4n) is 2.56. The van der Waals surface area contributed by atoms with Crippen molar-refractivity contribution in [1.29, 1.82) is 0 Å². The van der Waals surface area contributed by atoms with Crippen LogP contribution in [0, 0.1) is 0 Å². The minimum Gasteiger partial charge on any atom is -0.481 e. The number of urea groups is 1. The van der Waals surface area contributed by atoms with Crippen molar-refractivity contribution in [1.82, 2.24) is 14.9 Å². The normalized spacial score (nSPS) is 15.5. The van der Waals surface area contributed by atoms with Crippen molar-refractivity contribution < 1.29 is 23.1 Å². The lowest BCUT2D eigenvalue weighted by molar-refractivity contribution is -0.136. The highest BCUT2D eigenvalue weighted by atomic mass is 32.2. The summed E-state index contributed by atoms with van der Waals surface area (Å²) in [6.45, 7) is 1.39. The number of rotatable bonds is 7. The third-order valence-corrected chi connectivity index (χ3v) is 5.87. The molecule has 3 N–H and O–H groups in total. The van der Waals surface area contributed by atoms with Gasteiger partial charge in [-0.25, -0.2) is 13.2 Å². The van der Waals surface area contributed by atoms with E-state index in [0.29, 0.717) is 13.1 Å². The van der Waals surface area contributed by atoms with E-state index in [2.05, 4.69) is 10.6 Å². The summed E-state index contributed by atoms with van der Waals surface area (Å²) in [5.74, 6) is -0.981. The molecule has 0 spiro atoms. The molecule has 2 rings (SSSR count). The number of hydrogen-bond acceptors (Lipinski definition) is 4. The zero-order valence-corrected chi connectivity index (χ0v) is 14.7. The largest absolute Gasteiger partial charge is 0.481 e. The number of nitrogens with one attached hydrogen (secondary N) is 2. The van der Waals surface area contributed by atoms with Crippen LogP contribution >= 0.6 is 0 Å². The van der Waals surface area contributed by atoms with Crippen molar-refractivity contribution in [3.63, 3.8) is 0 Å². The van der Waals surface area contributed by atoms with Crippen LogP contribution in [-0.2, 0) is 21.4 Å². The third kappa shape index (κ3) is 5.71. The van der Waals surface area contributed by atoms with E-state index in [9.17, 15) is 18.0 Å². The molecular formula is C16H23N3O5S. The first-order valence-corrected chi connectivity index (χ1v) is 9.66. The first-order chi connectivity index (χ1) is 11.9. The van der Waals surface area contributed by atoms with Gasteiger partial charge in [-0.1, -0.05) is 18.6 Å². The van der Waals surface area contributed by atoms with Gasteiger partial charge >= 0.3 is 12.0 Å². The maximum Gasteiger partial charge on any atom is 0.315 e. The van der Waals surface area contributed by atoms with E-state index in [1.54, 1.807) is 24.3 Å². The molecular weight excluding hydrogens is 346 g/mol. The number of hydrogen-bond donors (Lipinski definition) is 3. The van der Waals surface area contributed by atoms with Gasteiger partial charge in [0.1, 0.15) is 0 Å². The van der Waals surface area contributed by atoms with Crippen LogP contribution in [0.15, 0.2) is 29.2 Å². The summed E-state index contributed by atoms with van der Waals surface area (Å²) in [6.07, 6.45) is 2.69. The number of carbonyl (C=O) groups excluding carboxylic acids is 1. The van der Waals surface area contributed by atoms with Crippen molar-refractivity contribution in [3.05, 3.63) is 29.8 Å². The van der Waals surface area contributed by atoms with Crippen molar-refractivity contribution in [2.75, 3.05) is 19.6 Å². The van der Waals surface area contributed by atoms with Crippen LogP contribution < -0.4 is 10.6 Å². The molecule has 1 aliphatic rings. The van der Waals surface area contributed by atoms with Crippen LogP contribution in [0.25, 0.3) is 0 Å². The molecule has 9 heteroatoms. The van der Waals surface area contributed by atoms with Crippen LogP contribution in [0.1, 0.15) is 31.2 Å². The van der Waals surface area contributed by atoms with Crippen LogP contribution in [0.3, 0.4) is 0 Å². The molecule has 1 fully saturated rings. The number of carbonyl (C=O) groups is 2. The molecule has 1 heterocycles. The fraction of sp³-hybridized carbons (Fsp3) is 0.500. The van der Waals surface area contributed by atoms with Gasteiger partial charge in [0.15, 0.2) is 0 Å². The molecule has 138 valence electrons. The standard InChI is InChI=1S/C16H23N3O5S/c20-15(21)8-9-17-16(22)18-12-13-4-6-14(7-5-13)25(23,24)19-10-2-1-3-11-19/h4-7H,1-3,8-12H2,(H,20,21)(H2,17,18,22). The second-order valence-electron chi connectivity index (χ2n) is 5.86. The van der Waals surface area contributed by atoms with Gasteiger partial charge in [-0.15, -0.1) is 0 Å². The molecule has 1 saturated heterocycles. The number of benzene rings is 1. The predicted molar refractivity (Wildman–Crippen MR) is 91.5 cm³/mol. The number of aliphatic carboxylic acids is 1. The zero-order valence-electron chi connectivity index (χ0n) is 13.9. The van der Waals surface area contributed by atoms with Gasteiger partial charge in [-0.2, -0.15) is 4.31 Å². The maximum absolute atomic E-state index is 12.5. The minimum absolute atomic E-state index is 0.0498. The molecule has 1 aromatic rings. The fourth-order valence-corrected chi connectivity index (χ4v) is 4.08. The Balaban J connectivity index is 1.87. The Morgan fingerprint density at radius 2 is 1.68 bits per heavy atom. The molecule has 25 heavy (non-hydrogen) atoms. The number of sulfonamides is 1. The van der Waals surface area contributed by atoms with Gasteiger partial charge < -0.3 is 15.7 Å². The maximum atomic E-state index is 12.5. The topological polar surface area (TPSA) is 116 Å². The van der Waals surface area contributed by atoms with Crippen molar-refractivity contribution in [3.8, 4) is 0 Å². The molecule has 2 amide bonds. The van der Waals surface area contributed by atoms with Gasteiger partial charge in [0.25, 0.3) is 0 Å². The monoisotopic (exact) mass is 369 g/mol. The van der Waals surface area contributed by atoms with Gasteiger partial charge in [-0.3, -0.25) is 4.79 Å². The van der Waals surface area contributed by atoms with Crippen molar-refractivity contribution in [2.45, 2.75) is 37.1 Å². The average molecular weight is 369 g/mol. The molecule has 1 aromatic carbocycles. The Morgan fingerprint density at radius 1 is 1.04 bits per heavy atom. The highest BCUT2D eigenvalue weighted by Crippen LogP contribution is 2.20. The SMILES string of the molecule is O=C(O)CCNC(=O)NCc1ccc(S(=O)(=O)N2CCCCC2)cc1. The van der Waals surface area contributed by atoms with Gasteiger partial charge in [0, 0.05) is 26.2 Å². The van der Waals surface area contributed by atoms with Gasteiger partial charge in [0.2, 0.25) is 10.0 Å². The predicted octanol–water partition coefficient (Wildman–Crippen LogP) is 1.14. The number of piperidine rings is 1. The van der Waals surface area contributed by atoms with Crippen LogP contribution in [0.4, 0.5) is 4.79 Å². The molecule has 0 atom stereocenters. The third-order valence-electron chi connectivity index (χ3n) is 3.95. The lowest BCUT2D eigenvalue weighted by Crippen LogP contribution is -2.36. The molecule has 0 aromatic heterocycles. The second-order valence-corrected chi connectivity index (χ2v) is 7.80. The molecule has 0 unspecified atom stereocenters. The van der Waals surface area contributed by atoms with E-state index in [1.807, 2.05) is 0 Å². The summed E-state index contributed by atoms with van der Waals surface area (Å²) in [6, 6.07) is 5.95. The Bertz CT molecular complexity index is 697. The average Bonchev–Trinajstić information content (AvgIpc) is 2.61. The smallest absolute Gasteiger partial charge is 0.315 e. The van der Waals surface area contributed by atoms with Crippen LogP contribution in [0.5, 0.6) is 0 Å². The van der Waals surface area contributed by atoms with Crippen LogP contribution in [-0.4, -0.2) is 49.5 Å². The molecule has 8 nitrogen and oxygen atoms in total. The first-order valence-electron chi connectivity index (χ1n) is 8.22. The lowest BCUT2D eigenvalue weighted by atomic mass is 10.2. The summed E-state index contributed by atoms with van der Waals surface area (Å²) in [5.41, 5.74) is 0.756. The number of amides is 2. The van der Waals surface area contributed by atoms with Crippen LogP contribution in [0.2, 0.25) is 0 Å². The number of nitrogens with zero attached hydrogens (tertiary/aromatic N) is 1. The zero-order chi connectivity index (χ0) is 18.3.